The lowest BCUT2D eigenvalue weighted by Crippen LogP contribution is -2.09. The summed E-state index contributed by atoms with van der Waals surface area (Å²) in [6, 6.07) is 80.5. The molecule has 0 aliphatic heterocycles. The molecule has 0 unspecified atom stereocenters. The lowest BCUT2D eigenvalue weighted by Gasteiger charge is -2.25. The molecule has 0 aliphatic carbocycles. The van der Waals surface area contributed by atoms with Gasteiger partial charge in [-0.25, -0.2) is 19.9 Å². The van der Waals surface area contributed by atoms with Crippen molar-refractivity contribution in [2.75, 3.05) is 4.90 Å². The summed E-state index contributed by atoms with van der Waals surface area (Å²) >= 11 is 1.73. The van der Waals surface area contributed by atoms with E-state index >= 15 is 0 Å². The molecule has 0 atom stereocenters. The first-order valence-electron chi connectivity index (χ1n) is 21.6. The third-order valence-corrected chi connectivity index (χ3v) is 12.9. The molecule has 0 saturated carbocycles. The molecule has 0 N–H and O–H groups in total. The summed E-state index contributed by atoms with van der Waals surface area (Å²) in [5.41, 5.74) is 13.6. The van der Waals surface area contributed by atoms with Crippen LogP contribution in [0.4, 0.5) is 17.1 Å². The molecule has 3 heterocycles. The first-order valence-corrected chi connectivity index (χ1v) is 22.4. The van der Waals surface area contributed by atoms with E-state index in [4.69, 9.17) is 19.9 Å². The van der Waals surface area contributed by atoms with Crippen LogP contribution in [0.3, 0.4) is 0 Å². The molecule has 6 nitrogen and oxygen atoms in total. The molecule has 0 aliphatic rings. The molecule has 0 saturated heterocycles. The normalized spacial score (nSPS) is 11.4. The smallest absolute Gasteiger partial charge is 0.164 e. The second-order valence-corrected chi connectivity index (χ2v) is 17.0. The van der Waals surface area contributed by atoms with Crippen LogP contribution in [0.5, 0.6) is 0 Å². The maximum atomic E-state index is 5.19. The van der Waals surface area contributed by atoms with Gasteiger partial charge in [0.25, 0.3) is 0 Å². The molecule has 306 valence electrons. The van der Waals surface area contributed by atoms with Gasteiger partial charge in [-0.1, -0.05) is 158 Å². The molecule has 0 amide bonds. The van der Waals surface area contributed by atoms with E-state index in [1.165, 1.54) is 0 Å². The number of hydrogen-bond donors (Lipinski definition) is 0. The van der Waals surface area contributed by atoms with E-state index in [1.54, 1.807) is 11.3 Å². The zero-order valence-electron chi connectivity index (χ0n) is 35.0. The van der Waals surface area contributed by atoms with Gasteiger partial charge in [-0.3, -0.25) is 0 Å². The summed E-state index contributed by atoms with van der Waals surface area (Å²) in [6.07, 6.45) is 0. The number of nitrogens with zero attached hydrogens (tertiary/aromatic N) is 6. The second-order valence-electron chi connectivity index (χ2n) is 15.9. The average molecular weight is 851 g/mol. The molecule has 0 spiro atoms. The molecule has 0 radical (unpaired) electrons. The molecule has 0 bridgehead atoms. The van der Waals surface area contributed by atoms with E-state index in [-0.39, 0.29) is 0 Å². The highest BCUT2D eigenvalue weighted by Crippen LogP contribution is 2.41. The van der Waals surface area contributed by atoms with E-state index in [1.807, 2.05) is 66.7 Å². The zero-order valence-corrected chi connectivity index (χ0v) is 35.8. The predicted octanol–water partition coefficient (Wildman–Crippen LogP) is 15.4. The SMILES string of the molecule is c1ccc(-c2nc(-c3ccccc3)nc(-c3cccc(-n4c5ccc(-c6ccc(N(c7ccccc7)c7ccccc7)cc6)cc5c5cc6sc(-c7ccccc7)nc6cc54)c3)n2)cc1. The van der Waals surface area contributed by atoms with Gasteiger partial charge in [-0.05, 0) is 83.9 Å². The van der Waals surface area contributed by atoms with E-state index in [0.717, 1.165) is 93.2 Å². The largest absolute Gasteiger partial charge is 0.311 e. The topological polar surface area (TPSA) is 59.7 Å². The standard InChI is InChI=1S/C58H38N6S/c1-6-17-40(18-7-1)55-60-56(41-19-8-2-9-20-41)62-57(61-55)44-23-16-28-48(35-44)64-52-34-31-43(36-49(52)50-37-54-51(38-53(50)64)59-58(65-54)42-21-10-3-11-22-42)39-29-32-47(33-30-39)63(45-24-12-4-13-25-45)46-26-14-5-15-27-46/h1-38H. The van der Waals surface area contributed by atoms with Crippen LogP contribution in [0, 0.1) is 0 Å². The number of benzene rings is 9. The minimum atomic E-state index is 0.610. The number of thiazole rings is 1. The van der Waals surface area contributed by atoms with Gasteiger partial charge in [0.2, 0.25) is 0 Å². The maximum Gasteiger partial charge on any atom is 0.164 e. The Labute approximate surface area is 380 Å². The van der Waals surface area contributed by atoms with E-state index in [0.29, 0.717) is 17.5 Å². The fraction of sp³-hybridized carbons (Fsp3) is 0. The van der Waals surface area contributed by atoms with Gasteiger partial charge in [-0.2, -0.15) is 0 Å². The summed E-state index contributed by atoms with van der Waals surface area (Å²) < 4.78 is 3.50. The maximum absolute atomic E-state index is 5.19. The van der Waals surface area contributed by atoms with Gasteiger partial charge in [0.15, 0.2) is 17.5 Å². The van der Waals surface area contributed by atoms with Crippen molar-refractivity contribution in [2.24, 2.45) is 0 Å². The third-order valence-electron chi connectivity index (χ3n) is 11.8. The molecular formula is C58H38N6S. The molecule has 12 aromatic rings. The van der Waals surface area contributed by atoms with Crippen molar-refractivity contribution in [1.29, 1.82) is 0 Å². The van der Waals surface area contributed by atoms with E-state index < -0.39 is 0 Å². The molecule has 65 heavy (non-hydrogen) atoms. The monoisotopic (exact) mass is 850 g/mol. The van der Waals surface area contributed by atoms with Crippen molar-refractivity contribution in [1.82, 2.24) is 24.5 Å². The Morgan fingerprint density at radius 3 is 1.43 bits per heavy atom. The Morgan fingerprint density at radius 1 is 0.338 bits per heavy atom. The number of rotatable bonds is 9. The minimum absolute atomic E-state index is 0.610. The number of para-hydroxylation sites is 2. The highest BCUT2D eigenvalue weighted by atomic mass is 32.1. The Bertz CT molecular complexity index is 3530. The van der Waals surface area contributed by atoms with Gasteiger partial charge in [0, 0.05) is 55.8 Å². The number of anilines is 3. The summed E-state index contributed by atoms with van der Waals surface area (Å²) in [7, 11) is 0. The van der Waals surface area contributed by atoms with Gasteiger partial charge in [0.1, 0.15) is 5.01 Å². The van der Waals surface area contributed by atoms with Crippen molar-refractivity contribution in [3.63, 3.8) is 0 Å². The van der Waals surface area contributed by atoms with Crippen molar-refractivity contribution in [3.8, 4) is 61.5 Å². The Kier molecular flexibility index (Phi) is 9.58. The van der Waals surface area contributed by atoms with E-state index in [2.05, 4.69) is 173 Å². The molecule has 3 aromatic heterocycles. The van der Waals surface area contributed by atoms with Crippen molar-refractivity contribution >= 4 is 60.4 Å². The van der Waals surface area contributed by atoms with Crippen LogP contribution in [0.25, 0.3) is 93.6 Å². The zero-order chi connectivity index (χ0) is 43.1. The summed E-state index contributed by atoms with van der Waals surface area (Å²) in [6.45, 7) is 0. The quantitative estimate of drug-likeness (QED) is 0.145. The molecule has 12 rings (SSSR count). The first kappa shape index (κ1) is 38.2. The highest BCUT2D eigenvalue weighted by Gasteiger charge is 2.19. The summed E-state index contributed by atoms with van der Waals surface area (Å²) in [4.78, 5) is 22.6. The van der Waals surface area contributed by atoms with Gasteiger partial charge < -0.3 is 9.47 Å². The van der Waals surface area contributed by atoms with Crippen LogP contribution >= 0.6 is 11.3 Å². The lowest BCUT2D eigenvalue weighted by molar-refractivity contribution is 1.07. The van der Waals surface area contributed by atoms with Crippen LogP contribution in [0.2, 0.25) is 0 Å². The highest BCUT2D eigenvalue weighted by molar-refractivity contribution is 7.21. The first-order chi connectivity index (χ1) is 32.2. The molecule has 9 aromatic carbocycles. The van der Waals surface area contributed by atoms with Gasteiger partial charge in [0.05, 0.1) is 21.3 Å². The molecule has 0 fully saturated rings. The predicted molar refractivity (Wildman–Crippen MR) is 269 cm³/mol. The summed E-state index contributed by atoms with van der Waals surface area (Å²) in [5, 5.41) is 3.33. The van der Waals surface area contributed by atoms with Crippen molar-refractivity contribution in [2.45, 2.75) is 0 Å². The van der Waals surface area contributed by atoms with Crippen LogP contribution in [-0.2, 0) is 0 Å². The Balaban J connectivity index is 1.01. The minimum Gasteiger partial charge on any atom is -0.311 e. The Morgan fingerprint density at radius 2 is 0.831 bits per heavy atom. The lowest BCUT2D eigenvalue weighted by atomic mass is 10.0. The van der Waals surface area contributed by atoms with Crippen molar-refractivity contribution < 1.29 is 0 Å². The second kappa shape index (κ2) is 16.3. The number of aromatic nitrogens is 5. The van der Waals surface area contributed by atoms with Crippen LogP contribution < -0.4 is 4.90 Å². The molecule has 7 heteroatoms. The van der Waals surface area contributed by atoms with Crippen LogP contribution in [0.15, 0.2) is 231 Å². The fourth-order valence-electron chi connectivity index (χ4n) is 8.73. The fourth-order valence-corrected chi connectivity index (χ4v) is 9.72. The van der Waals surface area contributed by atoms with Gasteiger partial charge in [-0.15, -0.1) is 11.3 Å². The van der Waals surface area contributed by atoms with Crippen LogP contribution in [-0.4, -0.2) is 24.5 Å². The van der Waals surface area contributed by atoms with Crippen molar-refractivity contribution in [3.05, 3.63) is 231 Å². The Hall–Kier alpha value is -8.52. The number of hydrogen-bond acceptors (Lipinski definition) is 6. The third kappa shape index (κ3) is 7.20. The molecular weight excluding hydrogens is 813 g/mol. The number of fused-ring (bicyclic) bond motifs is 4. The average Bonchev–Trinajstić information content (AvgIpc) is 3.95. The van der Waals surface area contributed by atoms with Crippen LogP contribution in [0.1, 0.15) is 0 Å². The van der Waals surface area contributed by atoms with E-state index in [9.17, 15) is 0 Å². The van der Waals surface area contributed by atoms with Gasteiger partial charge >= 0.3 is 0 Å². The summed E-state index contributed by atoms with van der Waals surface area (Å²) in [5.74, 6) is 1.87.